The molecular weight excluding hydrogens is 290 g/mol. The van der Waals surface area contributed by atoms with Gasteiger partial charge in [-0.3, -0.25) is 4.79 Å². The summed E-state index contributed by atoms with van der Waals surface area (Å²) in [5, 5.41) is 3.17. The van der Waals surface area contributed by atoms with Crippen molar-refractivity contribution in [3.8, 4) is 11.5 Å². The molecule has 0 aliphatic heterocycles. The third-order valence-corrected chi connectivity index (χ3v) is 4.16. The molecule has 1 aliphatic rings. The van der Waals surface area contributed by atoms with E-state index >= 15 is 0 Å². The molecular formula is C19H29NO3. The summed E-state index contributed by atoms with van der Waals surface area (Å²) in [6, 6.07) is 5.75. The van der Waals surface area contributed by atoms with Crippen LogP contribution < -0.4 is 14.8 Å². The van der Waals surface area contributed by atoms with Gasteiger partial charge in [0.15, 0.2) is 11.5 Å². The van der Waals surface area contributed by atoms with Gasteiger partial charge in [0.2, 0.25) is 0 Å². The molecule has 128 valence electrons. The highest BCUT2D eigenvalue weighted by molar-refractivity contribution is 5.95. The van der Waals surface area contributed by atoms with Gasteiger partial charge in [0.25, 0.3) is 5.91 Å². The van der Waals surface area contributed by atoms with Crippen LogP contribution in [0.25, 0.3) is 0 Å². The smallest absolute Gasteiger partial charge is 0.251 e. The van der Waals surface area contributed by atoms with Gasteiger partial charge in [0.05, 0.1) is 13.2 Å². The normalized spacial score (nSPS) is 15.7. The Balaban J connectivity index is 2.05. The number of nitrogens with one attached hydrogen (secondary N) is 1. The molecule has 1 N–H and O–H groups in total. The highest BCUT2D eigenvalue weighted by Gasteiger charge is 2.17. The van der Waals surface area contributed by atoms with Crippen molar-refractivity contribution in [1.29, 1.82) is 0 Å². The second kappa shape index (κ2) is 9.43. The summed E-state index contributed by atoms with van der Waals surface area (Å²) in [4.78, 5) is 12.5. The van der Waals surface area contributed by atoms with E-state index in [2.05, 4.69) is 12.2 Å². The Hall–Kier alpha value is -1.71. The lowest BCUT2D eigenvalue weighted by Gasteiger charge is -2.17. The maximum atomic E-state index is 12.5. The fraction of sp³-hybridized carbons (Fsp3) is 0.632. The summed E-state index contributed by atoms with van der Waals surface area (Å²) < 4.78 is 11.3. The van der Waals surface area contributed by atoms with E-state index in [-0.39, 0.29) is 5.91 Å². The van der Waals surface area contributed by atoms with Crippen molar-refractivity contribution in [2.24, 2.45) is 0 Å². The van der Waals surface area contributed by atoms with Crippen LogP contribution in [0.3, 0.4) is 0 Å². The first-order valence-corrected chi connectivity index (χ1v) is 8.95. The molecule has 0 aromatic heterocycles. The minimum Gasteiger partial charge on any atom is -0.490 e. The van der Waals surface area contributed by atoms with Crippen molar-refractivity contribution < 1.29 is 14.3 Å². The van der Waals surface area contributed by atoms with Gasteiger partial charge in [0.1, 0.15) is 0 Å². The van der Waals surface area contributed by atoms with Crippen LogP contribution in [0.15, 0.2) is 18.2 Å². The molecule has 0 bridgehead atoms. The summed E-state index contributed by atoms with van der Waals surface area (Å²) in [5.74, 6) is 1.34. The van der Waals surface area contributed by atoms with Crippen LogP contribution >= 0.6 is 0 Å². The zero-order chi connectivity index (χ0) is 16.5. The van der Waals surface area contributed by atoms with Gasteiger partial charge in [-0.15, -0.1) is 0 Å². The first-order chi connectivity index (χ1) is 11.2. The Morgan fingerprint density at radius 3 is 2.48 bits per heavy atom. The number of carbonyl (C=O) groups excluding carboxylic acids is 1. The van der Waals surface area contributed by atoms with Crippen molar-refractivity contribution >= 4 is 5.91 Å². The van der Waals surface area contributed by atoms with Gasteiger partial charge in [-0.1, -0.05) is 32.6 Å². The van der Waals surface area contributed by atoms with Crippen LogP contribution in [0.5, 0.6) is 11.5 Å². The molecule has 1 aromatic rings. The molecule has 1 fully saturated rings. The van der Waals surface area contributed by atoms with Crippen molar-refractivity contribution in [2.45, 2.75) is 64.8 Å². The van der Waals surface area contributed by atoms with Crippen LogP contribution in [0.1, 0.15) is 69.2 Å². The van der Waals surface area contributed by atoms with Gasteiger partial charge in [-0.05, 0) is 44.4 Å². The average Bonchev–Trinajstić information content (AvgIpc) is 2.82. The number of carbonyl (C=O) groups is 1. The summed E-state index contributed by atoms with van der Waals surface area (Å²) in [6.07, 6.45) is 8.09. The van der Waals surface area contributed by atoms with Crippen LogP contribution in [0, 0.1) is 0 Å². The lowest BCUT2D eigenvalue weighted by atomic mass is 10.1. The number of hydrogen-bond donors (Lipinski definition) is 1. The Bertz CT molecular complexity index is 493. The molecule has 4 heteroatoms. The van der Waals surface area contributed by atoms with E-state index in [1.54, 1.807) is 6.07 Å². The second-order valence-electron chi connectivity index (χ2n) is 6.10. The zero-order valence-corrected chi connectivity index (χ0v) is 14.4. The standard InChI is InChI=1S/C19H29NO3/c1-3-13-23-17-12-11-15(14-18(17)22-4-2)19(21)20-16-9-7-5-6-8-10-16/h11-12,14,16H,3-10,13H2,1-2H3,(H,20,21). The molecule has 4 nitrogen and oxygen atoms in total. The third kappa shape index (κ3) is 5.45. The largest absolute Gasteiger partial charge is 0.490 e. The Morgan fingerprint density at radius 1 is 1.09 bits per heavy atom. The van der Waals surface area contributed by atoms with Crippen molar-refractivity contribution in [2.75, 3.05) is 13.2 Å². The first kappa shape index (κ1) is 17.6. The highest BCUT2D eigenvalue weighted by atomic mass is 16.5. The summed E-state index contributed by atoms with van der Waals surface area (Å²) in [5.41, 5.74) is 0.640. The van der Waals surface area contributed by atoms with Gasteiger partial charge in [0, 0.05) is 11.6 Å². The molecule has 1 aliphatic carbocycles. The molecule has 1 aromatic carbocycles. The molecule has 0 unspecified atom stereocenters. The van der Waals surface area contributed by atoms with Crippen LogP contribution in [-0.2, 0) is 0 Å². The predicted octanol–water partition coefficient (Wildman–Crippen LogP) is 4.33. The fourth-order valence-corrected chi connectivity index (χ4v) is 2.94. The molecule has 0 saturated heterocycles. The van der Waals surface area contributed by atoms with Crippen LogP contribution in [0.2, 0.25) is 0 Å². The first-order valence-electron chi connectivity index (χ1n) is 8.95. The minimum absolute atomic E-state index is 0.0140. The lowest BCUT2D eigenvalue weighted by molar-refractivity contribution is 0.0933. The van der Waals surface area contributed by atoms with E-state index in [0.717, 1.165) is 19.3 Å². The number of amides is 1. The van der Waals surface area contributed by atoms with E-state index in [1.165, 1.54) is 25.7 Å². The van der Waals surface area contributed by atoms with E-state index in [1.807, 2.05) is 19.1 Å². The van der Waals surface area contributed by atoms with Crippen molar-refractivity contribution in [1.82, 2.24) is 5.32 Å². The van der Waals surface area contributed by atoms with Crippen molar-refractivity contribution in [3.63, 3.8) is 0 Å². The number of rotatable bonds is 7. The van der Waals surface area contributed by atoms with E-state index in [4.69, 9.17) is 9.47 Å². The molecule has 0 spiro atoms. The fourth-order valence-electron chi connectivity index (χ4n) is 2.94. The maximum absolute atomic E-state index is 12.5. The summed E-state index contributed by atoms with van der Waals surface area (Å²) in [7, 11) is 0. The summed E-state index contributed by atoms with van der Waals surface area (Å²) >= 11 is 0. The van der Waals surface area contributed by atoms with E-state index in [9.17, 15) is 4.79 Å². The molecule has 1 amide bonds. The molecule has 23 heavy (non-hydrogen) atoms. The Labute approximate surface area is 139 Å². The number of ether oxygens (including phenoxy) is 2. The maximum Gasteiger partial charge on any atom is 0.251 e. The van der Waals surface area contributed by atoms with Gasteiger partial charge >= 0.3 is 0 Å². The molecule has 1 saturated carbocycles. The van der Waals surface area contributed by atoms with Gasteiger partial charge < -0.3 is 14.8 Å². The van der Waals surface area contributed by atoms with E-state index in [0.29, 0.717) is 36.3 Å². The van der Waals surface area contributed by atoms with Gasteiger partial charge in [-0.25, -0.2) is 0 Å². The second-order valence-corrected chi connectivity index (χ2v) is 6.10. The third-order valence-electron chi connectivity index (χ3n) is 4.16. The highest BCUT2D eigenvalue weighted by Crippen LogP contribution is 2.29. The molecule has 0 atom stereocenters. The predicted molar refractivity (Wildman–Crippen MR) is 92.4 cm³/mol. The molecule has 0 radical (unpaired) electrons. The average molecular weight is 319 g/mol. The number of benzene rings is 1. The van der Waals surface area contributed by atoms with Crippen molar-refractivity contribution in [3.05, 3.63) is 23.8 Å². The minimum atomic E-state index is -0.0140. The van der Waals surface area contributed by atoms with Crippen LogP contribution in [0.4, 0.5) is 0 Å². The summed E-state index contributed by atoms with van der Waals surface area (Å²) in [6.45, 7) is 5.20. The SMILES string of the molecule is CCCOc1ccc(C(=O)NC2CCCCCC2)cc1OCC. The quantitative estimate of drug-likeness (QED) is 0.761. The molecule has 2 rings (SSSR count). The zero-order valence-electron chi connectivity index (χ0n) is 14.4. The Kier molecular flexibility index (Phi) is 7.24. The van der Waals surface area contributed by atoms with E-state index < -0.39 is 0 Å². The Morgan fingerprint density at radius 2 is 1.83 bits per heavy atom. The monoisotopic (exact) mass is 319 g/mol. The topological polar surface area (TPSA) is 47.6 Å². The van der Waals surface area contributed by atoms with Crippen LogP contribution in [-0.4, -0.2) is 25.2 Å². The van der Waals surface area contributed by atoms with Gasteiger partial charge in [-0.2, -0.15) is 0 Å². The molecule has 0 heterocycles. The lowest BCUT2D eigenvalue weighted by Crippen LogP contribution is -2.34. The number of hydrogen-bond acceptors (Lipinski definition) is 3.